The van der Waals surface area contributed by atoms with Crippen molar-refractivity contribution in [2.45, 2.75) is 13.3 Å². The minimum absolute atomic E-state index is 0.179. The summed E-state index contributed by atoms with van der Waals surface area (Å²) < 4.78 is 19.0. The largest absolute Gasteiger partial charge is 0.467 e. The van der Waals surface area contributed by atoms with Crippen molar-refractivity contribution in [2.24, 2.45) is 0 Å². The summed E-state index contributed by atoms with van der Waals surface area (Å²) in [7, 11) is 1.47. The molecular weight excluding hydrogens is 341 g/mol. The van der Waals surface area contributed by atoms with Gasteiger partial charge in [0, 0.05) is 11.0 Å². The van der Waals surface area contributed by atoms with Gasteiger partial charge in [-0.1, -0.05) is 6.92 Å². The first kappa shape index (κ1) is 15.4. The number of methoxy groups -OCH3 is 1. The fraction of sp³-hybridized carbons (Fsp3) is 0.308. The first-order valence-corrected chi connectivity index (χ1v) is 7.17. The van der Waals surface area contributed by atoms with Crippen molar-refractivity contribution in [1.82, 2.24) is 15.0 Å². The molecule has 0 bridgehead atoms. The molecule has 0 saturated carbocycles. The average Bonchev–Trinajstić information content (AvgIpc) is 2.48. The van der Waals surface area contributed by atoms with Gasteiger partial charge in [-0.25, -0.2) is 4.39 Å². The van der Waals surface area contributed by atoms with E-state index in [4.69, 9.17) is 4.74 Å². The molecule has 21 heavy (non-hydrogen) atoms. The molecule has 0 unspecified atom stereocenters. The molecule has 0 saturated heterocycles. The molecule has 0 amide bonds. The second-order valence-electron chi connectivity index (χ2n) is 4.15. The number of rotatable bonds is 6. The lowest BCUT2D eigenvalue weighted by Gasteiger charge is -2.10. The lowest BCUT2D eigenvalue weighted by Crippen LogP contribution is -2.09. The predicted molar refractivity (Wildman–Crippen MR) is 82.5 cm³/mol. The topological polar surface area (TPSA) is 72.0 Å². The van der Waals surface area contributed by atoms with Crippen molar-refractivity contribution >= 4 is 33.5 Å². The number of anilines is 3. The summed E-state index contributed by atoms with van der Waals surface area (Å²) in [6.07, 6.45) is 0.937. The highest BCUT2D eigenvalue weighted by atomic mass is 79.9. The minimum Gasteiger partial charge on any atom is -0.467 e. The van der Waals surface area contributed by atoms with Gasteiger partial charge in [0.15, 0.2) is 0 Å². The summed E-state index contributed by atoms with van der Waals surface area (Å²) in [6, 6.07) is 4.49. The molecule has 1 aromatic carbocycles. The minimum atomic E-state index is -0.356. The Kier molecular flexibility index (Phi) is 5.26. The third-order valence-corrected chi connectivity index (χ3v) is 3.20. The molecule has 0 radical (unpaired) electrons. The van der Waals surface area contributed by atoms with Gasteiger partial charge in [0.25, 0.3) is 0 Å². The Morgan fingerprint density at radius 1 is 1.24 bits per heavy atom. The van der Waals surface area contributed by atoms with Crippen LogP contribution in [0.5, 0.6) is 6.01 Å². The second-order valence-corrected chi connectivity index (χ2v) is 5.00. The van der Waals surface area contributed by atoms with Crippen molar-refractivity contribution < 1.29 is 9.13 Å². The van der Waals surface area contributed by atoms with E-state index in [9.17, 15) is 4.39 Å². The molecule has 6 nitrogen and oxygen atoms in total. The van der Waals surface area contributed by atoms with Gasteiger partial charge < -0.3 is 15.4 Å². The van der Waals surface area contributed by atoms with Crippen LogP contribution in [0.2, 0.25) is 0 Å². The third kappa shape index (κ3) is 4.25. The molecule has 1 aromatic heterocycles. The van der Waals surface area contributed by atoms with Crippen LogP contribution in [0.25, 0.3) is 0 Å². The zero-order valence-corrected chi connectivity index (χ0v) is 13.2. The van der Waals surface area contributed by atoms with Crippen molar-refractivity contribution in [3.8, 4) is 6.01 Å². The number of nitrogens with zero attached hydrogens (tertiary/aromatic N) is 3. The van der Waals surface area contributed by atoms with Gasteiger partial charge in [0.1, 0.15) is 5.82 Å². The van der Waals surface area contributed by atoms with Gasteiger partial charge in [-0.2, -0.15) is 15.0 Å². The normalized spacial score (nSPS) is 10.3. The number of hydrogen-bond donors (Lipinski definition) is 2. The number of hydrogen-bond acceptors (Lipinski definition) is 6. The van der Waals surface area contributed by atoms with E-state index in [1.165, 1.54) is 19.2 Å². The van der Waals surface area contributed by atoms with E-state index in [0.717, 1.165) is 13.0 Å². The maximum absolute atomic E-state index is 13.3. The Balaban J connectivity index is 2.27. The molecule has 8 heteroatoms. The summed E-state index contributed by atoms with van der Waals surface area (Å²) in [5.74, 6) is 0.316. The molecule has 2 rings (SSSR count). The van der Waals surface area contributed by atoms with Gasteiger partial charge in [0.05, 0.1) is 12.8 Å². The van der Waals surface area contributed by atoms with Crippen LogP contribution in [0.15, 0.2) is 22.7 Å². The van der Waals surface area contributed by atoms with Crippen molar-refractivity contribution in [2.75, 3.05) is 24.3 Å². The van der Waals surface area contributed by atoms with Crippen LogP contribution in [0.3, 0.4) is 0 Å². The first-order valence-electron chi connectivity index (χ1n) is 6.38. The maximum Gasteiger partial charge on any atom is 0.322 e. The molecule has 0 fully saturated rings. The molecule has 0 aliphatic rings. The number of aromatic nitrogens is 3. The van der Waals surface area contributed by atoms with Crippen LogP contribution in [0, 0.1) is 5.82 Å². The summed E-state index contributed by atoms with van der Waals surface area (Å²) in [6.45, 7) is 2.77. The lowest BCUT2D eigenvalue weighted by atomic mass is 10.3. The fourth-order valence-electron chi connectivity index (χ4n) is 1.53. The van der Waals surface area contributed by atoms with Crippen molar-refractivity contribution in [1.29, 1.82) is 0 Å². The van der Waals surface area contributed by atoms with Crippen LogP contribution in [0.4, 0.5) is 22.0 Å². The molecule has 112 valence electrons. The molecule has 1 heterocycles. The Hall–Kier alpha value is -1.96. The summed E-state index contributed by atoms with van der Waals surface area (Å²) >= 11 is 3.34. The Morgan fingerprint density at radius 2 is 2.00 bits per heavy atom. The van der Waals surface area contributed by atoms with E-state index in [2.05, 4.69) is 41.5 Å². The summed E-state index contributed by atoms with van der Waals surface area (Å²) in [5.41, 5.74) is 0.518. The zero-order chi connectivity index (χ0) is 15.2. The Morgan fingerprint density at radius 3 is 2.71 bits per heavy atom. The standard InChI is InChI=1S/C13H15BrFN5O/c1-3-6-16-11-18-12(20-13(19-11)21-2)17-10-7-8(15)4-5-9(10)14/h4-5,7H,3,6H2,1-2H3,(H2,16,17,18,19,20). The maximum atomic E-state index is 13.3. The van der Waals surface area contributed by atoms with Crippen LogP contribution in [-0.4, -0.2) is 28.6 Å². The zero-order valence-electron chi connectivity index (χ0n) is 11.7. The van der Waals surface area contributed by atoms with Crippen molar-refractivity contribution in [3.63, 3.8) is 0 Å². The van der Waals surface area contributed by atoms with Crippen LogP contribution < -0.4 is 15.4 Å². The molecule has 0 aliphatic carbocycles. The highest BCUT2D eigenvalue weighted by molar-refractivity contribution is 9.10. The molecule has 0 aliphatic heterocycles. The summed E-state index contributed by atoms with van der Waals surface area (Å²) in [4.78, 5) is 12.4. The Bertz CT molecular complexity index is 626. The number of benzene rings is 1. The van der Waals surface area contributed by atoms with Crippen molar-refractivity contribution in [3.05, 3.63) is 28.5 Å². The van der Waals surface area contributed by atoms with Gasteiger partial charge >= 0.3 is 6.01 Å². The van der Waals surface area contributed by atoms with E-state index in [0.29, 0.717) is 16.1 Å². The van der Waals surface area contributed by atoms with E-state index in [1.54, 1.807) is 6.07 Å². The van der Waals surface area contributed by atoms with Crippen LogP contribution in [-0.2, 0) is 0 Å². The van der Waals surface area contributed by atoms with Gasteiger partial charge in [-0.05, 0) is 40.5 Å². The molecule has 2 N–H and O–H groups in total. The first-order chi connectivity index (χ1) is 10.1. The van der Waals surface area contributed by atoms with Crippen LogP contribution >= 0.6 is 15.9 Å². The molecule has 0 atom stereocenters. The molecular formula is C13H15BrFN5O. The van der Waals surface area contributed by atoms with E-state index >= 15 is 0 Å². The highest BCUT2D eigenvalue weighted by Crippen LogP contribution is 2.26. The number of nitrogens with one attached hydrogen (secondary N) is 2. The predicted octanol–water partition coefficient (Wildman–Crippen LogP) is 3.35. The van der Waals surface area contributed by atoms with E-state index in [-0.39, 0.29) is 17.8 Å². The second kappa shape index (κ2) is 7.16. The third-order valence-electron chi connectivity index (χ3n) is 2.51. The SMILES string of the molecule is CCCNc1nc(Nc2cc(F)ccc2Br)nc(OC)n1. The highest BCUT2D eigenvalue weighted by Gasteiger charge is 2.09. The number of halogens is 2. The van der Waals surface area contributed by atoms with E-state index in [1.807, 2.05) is 6.92 Å². The lowest BCUT2D eigenvalue weighted by molar-refractivity contribution is 0.379. The quantitative estimate of drug-likeness (QED) is 0.827. The Labute approximate surface area is 130 Å². The van der Waals surface area contributed by atoms with Crippen LogP contribution in [0.1, 0.15) is 13.3 Å². The van der Waals surface area contributed by atoms with Gasteiger partial charge in [0.2, 0.25) is 11.9 Å². The van der Waals surface area contributed by atoms with Gasteiger partial charge in [-0.15, -0.1) is 0 Å². The average molecular weight is 356 g/mol. The van der Waals surface area contributed by atoms with Gasteiger partial charge in [-0.3, -0.25) is 0 Å². The molecule has 0 spiro atoms. The fourth-order valence-corrected chi connectivity index (χ4v) is 1.88. The van der Waals surface area contributed by atoms with E-state index < -0.39 is 0 Å². The smallest absolute Gasteiger partial charge is 0.322 e. The summed E-state index contributed by atoms with van der Waals surface area (Å²) in [5, 5.41) is 5.99. The monoisotopic (exact) mass is 355 g/mol. The number of ether oxygens (including phenoxy) is 1. The molecule has 2 aromatic rings.